The number of nitrogens with one attached hydrogen (secondary N) is 3. The summed E-state index contributed by atoms with van der Waals surface area (Å²) in [6, 6.07) is -0.296. The van der Waals surface area contributed by atoms with Crippen LogP contribution in [0.5, 0.6) is 0 Å². The second-order valence-corrected chi connectivity index (χ2v) is 15.6. The first kappa shape index (κ1) is 49.5. The number of imide groups is 1. The number of carbonyl (C=O) groups is 8. The number of rotatable bonds is 15. The van der Waals surface area contributed by atoms with Crippen molar-refractivity contribution in [1.29, 1.82) is 0 Å². The zero-order valence-corrected chi connectivity index (χ0v) is 37.8. The average Bonchev–Trinajstić information content (AvgIpc) is 3.59. The number of carboxylic acid groups (broad SMARTS) is 2. The maximum atomic E-state index is 13.9. The molecule has 1 aromatic heterocycles. The maximum Gasteiger partial charge on any atom is 1.00 e. The predicted octanol–water partition coefficient (Wildman–Crippen LogP) is -8.32. The molecule has 4 heterocycles. The molecule has 59 heavy (non-hydrogen) atoms. The molecule has 4 atom stereocenters. The summed E-state index contributed by atoms with van der Waals surface area (Å²) in [5.74, 6) is -7.75. The molecule has 30 heteroatoms. The average molecular weight is 904 g/mol. The van der Waals surface area contributed by atoms with Gasteiger partial charge in [0.2, 0.25) is 11.1 Å². The van der Waals surface area contributed by atoms with Crippen LogP contribution in [0.4, 0.5) is 15.3 Å². The fraction of sp³-hybridized carbons (Fsp3) is 0.414. The number of β-lactam (4-membered cyclic amide) rings is 1. The van der Waals surface area contributed by atoms with Gasteiger partial charge in [0, 0.05) is 36.8 Å². The molecule has 0 bridgehead atoms. The number of carboxylic acids is 2. The van der Waals surface area contributed by atoms with Gasteiger partial charge in [-0.05, 0) is 40.6 Å². The van der Waals surface area contributed by atoms with E-state index < -0.39 is 93.8 Å². The summed E-state index contributed by atoms with van der Waals surface area (Å²) in [4.78, 5) is 104. The van der Waals surface area contributed by atoms with E-state index in [0.29, 0.717) is 4.90 Å². The Balaban J connectivity index is 0.00000465. The van der Waals surface area contributed by atoms with E-state index in [1.54, 1.807) is 6.92 Å². The molecule has 2 fully saturated rings. The predicted molar refractivity (Wildman–Crippen MR) is 194 cm³/mol. The summed E-state index contributed by atoms with van der Waals surface area (Å²) in [7, 11) is -4.51. The SMILES string of the molecule is CCN1CCN(C(=O)N[C@@H](C(=O)N[C@@H]2C(=O)N3C(C(=O)O)=C(CSc4nnnn4CS(=O)(=O)O)CS[C@H]23)c2ccc(NC(=O)OC[C@@H](N)C(=O)O)cc2)C(=O)C1=O.[H-].[H-].[Na+].[Na+]. The number of nitrogens with two attached hydrogens (primary N) is 1. The number of carbonyl (C=O) groups excluding carboxylic acids is 6. The van der Waals surface area contributed by atoms with E-state index in [4.69, 9.17) is 20.1 Å². The fourth-order valence-corrected chi connectivity index (χ4v) is 8.47. The molecule has 25 nitrogen and oxygen atoms in total. The Morgan fingerprint density at radius 2 is 1.76 bits per heavy atom. The van der Waals surface area contributed by atoms with Gasteiger partial charge in [-0.25, -0.2) is 19.1 Å². The van der Waals surface area contributed by atoms with Crippen LogP contribution in [-0.4, -0.2) is 161 Å². The Labute approximate surface area is 389 Å². The van der Waals surface area contributed by atoms with Crippen molar-refractivity contribution >= 4 is 87.0 Å². The van der Waals surface area contributed by atoms with Gasteiger partial charge in [0.05, 0.1) is 0 Å². The number of thioether (sulfide) groups is 2. The van der Waals surface area contributed by atoms with Crippen molar-refractivity contribution in [3.63, 3.8) is 0 Å². The number of nitrogens with zero attached hydrogens (tertiary/aromatic N) is 7. The standard InChI is InChI=1S/C29H33N11O14S3.2Na.2H/c1-2-37-7-8-38(23(44)22(37)43)27(49)33-17(13-3-5-15(6-4-13)31-29(50)54-9-16(30)25(45)46)20(41)32-18-21(42)40-19(26(47)48)14(10-55-24(18)40)11-56-28-34-35-36-39(28)12-57(51,52)53;;;;/h3-6,16-18,24H,2,7-12,30H2,1H3,(H,31,50)(H,32,41)(H,33,49)(H,45,46)(H,47,48)(H,51,52,53);;;;/q;2*+1;2*-1/t16-,17-,18-,24-;;;;/m1..../s1. The van der Waals surface area contributed by atoms with Crippen LogP contribution in [0.15, 0.2) is 40.7 Å². The van der Waals surface area contributed by atoms with Crippen LogP contribution in [0.2, 0.25) is 0 Å². The number of aliphatic carboxylic acids is 2. The van der Waals surface area contributed by atoms with Crippen molar-refractivity contribution in [2.45, 2.75) is 41.5 Å². The molecule has 2 aromatic rings. The molecule has 310 valence electrons. The third-order valence-corrected chi connectivity index (χ3v) is 11.3. The molecule has 3 aliphatic rings. The molecule has 0 spiro atoms. The number of anilines is 1. The summed E-state index contributed by atoms with van der Waals surface area (Å²) in [5, 5.41) is 35.7. The number of urea groups is 1. The second-order valence-electron chi connectivity index (χ2n) is 12.1. The number of hydrogen-bond donors (Lipinski definition) is 7. The van der Waals surface area contributed by atoms with Crippen LogP contribution in [-0.2, 0) is 49.5 Å². The van der Waals surface area contributed by atoms with Gasteiger partial charge in [-0.1, -0.05) is 23.9 Å². The number of ether oxygens (including phenoxy) is 1. The third-order valence-electron chi connectivity index (χ3n) is 8.37. The van der Waals surface area contributed by atoms with Gasteiger partial charge in [0.15, 0.2) is 5.88 Å². The normalized spacial score (nSPS) is 18.6. The van der Waals surface area contributed by atoms with Gasteiger partial charge in [-0.15, -0.1) is 16.9 Å². The molecule has 0 saturated carbocycles. The molecular weight excluding hydrogens is 869 g/mol. The van der Waals surface area contributed by atoms with E-state index in [-0.39, 0.29) is 121 Å². The van der Waals surface area contributed by atoms with Crippen LogP contribution >= 0.6 is 23.5 Å². The third kappa shape index (κ3) is 11.9. The molecule has 1 aromatic carbocycles. The van der Waals surface area contributed by atoms with Crippen molar-refractivity contribution in [1.82, 2.24) is 45.5 Å². The summed E-state index contributed by atoms with van der Waals surface area (Å²) in [5.41, 5.74) is 5.35. The number of amides is 7. The van der Waals surface area contributed by atoms with Crippen molar-refractivity contribution in [3.05, 3.63) is 41.1 Å². The molecular formula is C29H35N11Na2O14S3. The zero-order chi connectivity index (χ0) is 41.8. The number of fused-ring (bicyclic) bond motifs is 1. The largest absolute Gasteiger partial charge is 1.00 e. The molecule has 5 rings (SSSR count). The van der Waals surface area contributed by atoms with E-state index in [9.17, 15) is 51.9 Å². The van der Waals surface area contributed by atoms with Crippen molar-refractivity contribution in [2.75, 3.05) is 43.1 Å². The number of likely N-dealkylation sites (N-methyl/N-ethyl adjacent to an activating group) is 1. The van der Waals surface area contributed by atoms with Crippen LogP contribution in [0, 0.1) is 0 Å². The fourth-order valence-electron chi connectivity index (χ4n) is 5.54. The van der Waals surface area contributed by atoms with Gasteiger partial charge in [-0.2, -0.15) is 8.42 Å². The topological polar surface area (TPSA) is 356 Å². The minimum Gasteiger partial charge on any atom is -1.00 e. The molecule has 0 radical (unpaired) electrons. The monoisotopic (exact) mass is 903 g/mol. The van der Waals surface area contributed by atoms with E-state index >= 15 is 0 Å². The molecule has 2 saturated heterocycles. The van der Waals surface area contributed by atoms with Crippen LogP contribution in [0.3, 0.4) is 0 Å². The molecule has 3 aliphatic heterocycles. The van der Waals surface area contributed by atoms with E-state index in [0.717, 1.165) is 33.1 Å². The zero-order valence-electron chi connectivity index (χ0n) is 33.3. The smallest absolute Gasteiger partial charge is 1.00 e. The van der Waals surface area contributed by atoms with Gasteiger partial charge >= 0.3 is 95.0 Å². The van der Waals surface area contributed by atoms with Gasteiger partial charge < -0.3 is 39.1 Å². The minimum atomic E-state index is -4.51. The Morgan fingerprint density at radius 1 is 1.08 bits per heavy atom. The Hall–Kier alpha value is -3.84. The summed E-state index contributed by atoms with van der Waals surface area (Å²) in [6.07, 6.45) is -1.05. The number of tetrazole rings is 1. The quantitative estimate of drug-likeness (QED) is 0.0287. The van der Waals surface area contributed by atoms with Crippen LogP contribution in [0.25, 0.3) is 0 Å². The van der Waals surface area contributed by atoms with Gasteiger partial charge in [-0.3, -0.25) is 43.6 Å². The van der Waals surface area contributed by atoms with Crippen molar-refractivity contribution < 1.29 is 128 Å². The van der Waals surface area contributed by atoms with E-state index in [2.05, 4.69) is 31.5 Å². The van der Waals surface area contributed by atoms with E-state index in [1.807, 2.05) is 0 Å². The minimum absolute atomic E-state index is 0. The van der Waals surface area contributed by atoms with Crippen molar-refractivity contribution in [2.24, 2.45) is 5.73 Å². The first-order valence-corrected chi connectivity index (χ1v) is 20.0. The molecule has 7 amide bonds. The first-order valence-electron chi connectivity index (χ1n) is 16.4. The Kier molecular flexibility index (Phi) is 17.7. The summed E-state index contributed by atoms with van der Waals surface area (Å²) < 4.78 is 37.3. The van der Waals surface area contributed by atoms with Gasteiger partial charge in [0.1, 0.15) is 35.8 Å². The maximum absolute atomic E-state index is 13.9. The first-order chi connectivity index (χ1) is 26.9. The number of hydrogen-bond acceptors (Lipinski definition) is 17. The second kappa shape index (κ2) is 21.1. The Bertz CT molecular complexity index is 2160. The van der Waals surface area contributed by atoms with Crippen LogP contribution in [0.1, 0.15) is 21.4 Å². The van der Waals surface area contributed by atoms with Gasteiger partial charge in [0.25, 0.3) is 16.0 Å². The molecule has 8 N–H and O–H groups in total. The van der Waals surface area contributed by atoms with E-state index in [1.165, 1.54) is 29.2 Å². The van der Waals surface area contributed by atoms with Crippen LogP contribution < -0.4 is 80.8 Å². The molecule has 0 aliphatic carbocycles. The molecule has 0 unspecified atom stereocenters. The summed E-state index contributed by atoms with van der Waals surface area (Å²) >= 11 is 1.95. The Morgan fingerprint density at radius 3 is 2.37 bits per heavy atom. The number of benzene rings is 1. The number of piperazine rings is 1. The summed E-state index contributed by atoms with van der Waals surface area (Å²) in [6.45, 7) is 1.07. The van der Waals surface area contributed by atoms with Crippen molar-refractivity contribution in [3.8, 4) is 0 Å². The number of aromatic nitrogens is 4.